The standard InChI is InChI=1S/C10H22N2O/c1-8(2)12-9(13)6-11-7-10(3,4)5/h8,11H,6-7H2,1-5H3,(H,12,13). The molecule has 0 rings (SSSR count). The van der Waals surface area contributed by atoms with Gasteiger partial charge in [0.1, 0.15) is 0 Å². The van der Waals surface area contributed by atoms with Gasteiger partial charge in [0.25, 0.3) is 0 Å². The van der Waals surface area contributed by atoms with Crippen LogP contribution in [-0.2, 0) is 4.79 Å². The fourth-order valence-corrected chi connectivity index (χ4v) is 0.924. The molecule has 0 saturated heterocycles. The van der Waals surface area contributed by atoms with Crippen molar-refractivity contribution in [3.63, 3.8) is 0 Å². The quantitative estimate of drug-likeness (QED) is 0.691. The lowest BCUT2D eigenvalue weighted by molar-refractivity contribution is -0.120. The third kappa shape index (κ3) is 9.34. The summed E-state index contributed by atoms with van der Waals surface area (Å²) >= 11 is 0. The van der Waals surface area contributed by atoms with Gasteiger partial charge in [-0.05, 0) is 19.3 Å². The van der Waals surface area contributed by atoms with Crippen molar-refractivity contribution in [3.8, 4) is 0 Å². The second kappa shape index (κ2) is 5.22. The van der Waals surface area contributed by atoms with E-state index in [2.05, 4.69) is 31.4 Å². The van der Waals surface area contributed by atoms with E-state index in [1.54, 1.807) is 0 Å². The minimum Gasteiger partial charge on any atom is -0.353 e. The van der Waals surface area contributed by atoms with Crippen molar-refractivity contribution in [2.24, 2.45) is 5.41 Å². The number of hydrogen-bond acceptors (Lipinski definition) is 2. The maximum atomic E-state index is 11.2. The lowest BCUT2D eigenvalue weighted by Crippen LogP contribution is -2.40. The molecule has 0 atom stereocenters. The molecule has 0 heterocycles. The number of carbonyl (C=O) groups excluding carboxylic acids is 1. The Hall–Kier alpha value is -0.570. The third-order valence-corrected chi connectivity index (χ3v) is 1.39. The number of amides is 1. The maximum absolute atomic E-state index is 11.2. The van der Waals surface area contributed by atoms with Gasteiger partial charge in [-0.1, -0.05) is 20.8 Å². The topological polar surface area (TPSA) is 41.1 Å². The van der Waals surface area contributed by atoms with E-state index in [0.29, 0.717) is 6.54 Å². The van der Waals surface area contributed by atoms with Crippen LogP contribution in [0.25, 0.3) is 0 Å². The van der Waals surface area contributed by atoms with Gasteiger partial charge < -0.3 is 10.6 Å². The van der Waals surface area contributed by atoms with E-state index in [1.165, 1.54) is 0 Å². The maximum Gasteiger partial charge on any atom is 0.234 e. The molecule has 2 N–H and O–H groups in total. The van der Waals surface area contributed by atoms with Crippen LogP contribution in [0.1, 0.15) is 34.6 Å². The largest absolute Gasteiger partial charge is 0.353 e. The van der Waals surface area contributed by atoms with Gasteiger partial charge in [-0.15, -0.1) is 0 Å². The van der Waals surface area contributed by atoms with Crippen molar-refractivity contribution in [2.75, 3.05) is 13.1 Å². The first-order valence-corrected chi connectivity index (χ1v) is 4.81. The van der Waals surface area contributed by atoms with Gasteiger partial charge in [-0.25, -0.2) is 0 Å². The number of rotatable bonds is 4. The fourth-order valence-electron chi connectivity index (χ4n) is 0.924. The van der Waals surface area contributed by atoms with E-state index < -0.39 is 0 Å². The summed E-state index contributed by atoms with van der Waals surface area (Å²) in [6, 6.07) is 0.226. The molecule has 0 unspecified atom stereocenters. The summed E-state index contributed by atoms with van der Waals surface area (Å²) in [7, 11) is 0. The van der Waals surface area contributed by atoms with Crippen LogP contribution in [0.15, 0.2) is 0 Å². The predicted molar refractivity (Wildman–Crippen MR) is 55.6 cm³/mol. The summed E-state index contributed by atoms with van der Waals surface area (Å²) in [6.45, 7) is 11.6. The van der Waals surface area contributed by atoms with Crippen molar-refractivity contribution in [2.45, 2.75) is 40.7 Å². The molecule has 0 spiro atoms. The van der Waals surface area contributed by atoms with Crippen LogP contribution in [0, 0.1) is 5.41 Å². The van der Waals surface area contributed by atoms with Crippen molar-refractivity contribution in [3.05, 3.63) is 0 Å². The van der Waals surface area contributed by atoms with Crippen LogP contribution in [0.5, 0.6) is 0 Å². The van der Waals surface area contributed by atoms with E-state index >= 15 is 0 Å². The van der Waals surface area contributed by atoms with Gasteiger partial charge in [-0.3, -0.25) is 4.79 Å². The van der Waals surface area contributed by atoms with Gasteiger partial charge in [0.05, 0.1) is 6.54 Å². The molecule has 0 fully saturated rings. The third-order valence-electron chi connectivity index (χ3n) is 1.39. The molecule has 0 aromatic rings. The first-order valence-electron chi connectivity index (χ1n) is 4.81. The highest BCUT2D eigenvalue weighted by atomic mass is 16.1. The van der Waals surface area contributed by atoms with Crippen LogP contribution < -0.4 is 10.6 Å². The molecule has 3 nitrogen and oxygen atoms in total. The monoisotopic (exact) mass is 186 g/mol. The number of carbonyl (C=O) groups is 1. The molecule has 0 aliphatic heterocycles. The lowest BCUT2D eigenvalue weighted by Gasteiger charge is -2.18. The molecule has 78 valence electrons. The van der Waals surface area contributed by atoms with E-state index in [0.717, 1.165) is 6.54 Å². The van der Waals surface area contributed by atoms with Gasteiger partial charge in [0.15, 0.2) is 0 Å². The molecule has 0 aromatic heterocycles. The summed E-state index contributed by atoms with van der Waals surface area (Å²) < 4.78 is 0. The minimum absolute atomic E-state index is 0.0688. The van der Waals surface area contributed by atoms with Crippen LogP contribution >= 0.6 is 0 Å². The Balaban J connectivity index is 3.49. The Morgan fingerprint density at radius 2 is 1.85 bits per heavy atom. The average Bonchev–Trinajstić information content (AvgIpc) is 1.81. The zero-order valence-corrected chi connectivity index (χ0v) is 9.40. The molecular weight excluding hydrogens is 164 g/mol. The fraction of sp³-hybridized carbons (Fsp3) is 0.900. The predicted octanol–water partition coefficient (Wildman–Crippen LogP) is 1.15. The molecule has 0 aliphatic carbocycles. The Kier molecular flexibility index (Phi) is 4.99. The Bertz CT molecular complexity index is 159. The van der Waals surface area contributed by atoms with E-state index in [-0.39, 0.29) is 17.4 Å². The molecule has 0 bridgehead atoms. The van der Waals surface area contributed by atoms with Crippen LogP contribution in [-0.4, -0.2) is 25.0 Å². The molecule has 0 radical (unpaired) electrons. The average molecular weight is 186 g/mol. The summed E-state index contributed by atoms with van der Waals surface area (Å²) in [5, 5.41) is 5.95. The molecule has 13 heavy (non-hydrogen) atoms. The van der Waals surface area contributed by atoms with E-state index in [9.17, 15) is 4.79 Å². The SMILES string of the molecule is CC(C)NC(=O)CNCC(C)(C)C. The second-order valence-electron chi connectivity index (χ2n) is 4.89. The van der Waals surface area contributed by atoms with Gasteiger partial charge in [0, 0.05) is 12.6 Å². The smallest absolute Gasteiger partial charge is 0.234 e. The zero-order valence-electron chi connectivity index (χ0n) is 9.40. The molecular formula is C10H22N2O. The Morgan fingerprint density at radius 1 is 1.31 bits per heavy atom. The summed E-state index contributed by atoms with van der Waals surface area (Å²) in [5.41, 5.74) is 0.234. The summed E-state index contributed by atoms with van der Waals surface area (Å²) in [6.07, 6.45) is 0. The van der Waals surface area contributed by atoms with Crippen molar-refractivity contribution < 1.29 is 4.79 Å². The van der Waals surface area contributed by atoms with Gasteiger partial charge in [0.2, 0.25) is 5.91 Å². The van der Waals surface area contributed by atoms with Crippen LogP contribution in [0.4, 0.5) is 0 Å². The minimum atomic E-state index is 0.0688. The Labute approximate surface area is 81.3 Å². The first-order chi connectivity index (χ1) is 5.81. The highest BCUT2D eigenvalue weighted by Gasteiger charge is 2.10. The van der Waals surface area contributed by atoms with Crippen LogP contribution in [0.3, 0.4) is 0 Å². The normalized spacial score (nSPS) is 11.8. The lowest BCUT2D eigenvalue weighted by atomic mass is 9.97. The molecule has 0 aliphatic rings. The Morgan fingerprint density at radius 3 is 2.23 bits per heavy atom. The molecule has 3 heteroatoms. The highest BCUT2D eigenvalue weighted by Crippen LogP contribution is 2.09. The summed E-state index contributed by atoms with van der Waals surface area (Å²) in [5.74, 6) is 0.0688. The van der Waals surface area contributed by atoms with Crippen LogP contribution in [0.2, 0.25) is 0 Å². The van der Waals surface area contributed by atoms with E-state index in [1.807, 2.05) is 13.8 Å². The highest BCUT2D eigenvalue weighted by molar-refractivity contribution is 5.78. The zero-order chi connectivity index (χ0) is 10.5. The van der Waals surface area contributed by atoms with Gasteiger partial charge >= 0.3 is 0 Å². The number of hydrogen-bond donors (Lipinski definition) is 2. The first kappa shape index (κ1) is 12.4. The molecule has 0 aromatic carbocycles. The molecule has 0 saturated carbocycles. The molecule has 1 amide bonds. The van der Waals surface area contributed by atoms with Crippen molar-refractivity contribution in [1.29, 1.82) is 0 Å². The number of nitrogens with one attached hydrogen (secondary N) is 2. The second-order valence-corrected chi connectivity index (χ2v) is 4.89. The van der Waals surface area contributed by atoms with E-state index in [4.69, 9.17) is 0 Å². The van der Waals surface area contributed by atoms with Crippen molar-refractivity contribution in [1.82, 2.24) is 10.6 Å². The summed E-state index contributed by atoms with van der Waals surface area (Å²) in [4.78, 5) is 11.2. The van der Waals surface area contributed by atoms with Gasteiger partial charge in [-0.2, -0.15) is 0 Å². The van der Waals surface area contributed by atoms with Crippen molar-refractivity contribution >= 4 is 5.91 Å².